The molecule has 3 aromatic rings. The van der Waals surface area contributed by atoms with E-state index in [9.17, 15) is 17.2 Å². The Kier molecular flexibility index (Phi) is 5.74. The maximum absolute atomic E-state index is 14.0. The number of anilines is 1. The van der Waals surface area contributed by atoms with Gasteiger partial charge in [-0.1, -0.05) is 41.4 Å². The van der Waals surface area contributed by atoms with Gasteiger partial charge in [-0.05, 0) is 36.4 Å². The van der Waals surface area contributed by atoms with E-state index in [1.54, 1.807) is 30.3 Å². The van der Waals surface area contributed by atoms with Crippen molar-refractivity contribution in [2.24, 2.45) is 4.99 Å². The first-order valence-electron chi connectivity index (χ1n) is 8.78. The normalized spacial score (nSPS) is 15.7. The number of sulfonamides is 1. The Hall–Kier alpha value is -2.88. The molecule has 0 spiro atoms. The average molecular weight is 484 g/mol. The summed E-state index contributed by atoms with van der Waals surface area (Å²) in [6.45, 7) is -0.470. The molecule has 6 nitrogen and oxygen atoms in total. The van der Waals surface area contributed by atoms with Gasteiger partial charge in [-0.25, -0.2) is 26.9 Å². The summed E-state index contributed by atoms with van der Waals surface area (Å²) in [5, 5.41) is 3.04. The zero-order valence-corrected chi connectivity index (χ0v) is 17.8. The molecule has 3 aromatic carbocycles. The fraction of sp³-hybridized carbons (Fsp3) is 0.0500. The summed E-state index contributed by atoms with van der Waals surface area (Å²) in [5.74, 6) is -1.52. The van der Waals surface area contributed by atoms with Crippen LogP contribution in [0.2, 0.25) is 10.0 Å². The molecule has 4 rings (SSSR count). The number of guanidine groups is 1. The molecule has 0 fully saturated rings. The van der Waals surface area contributed by atoms with E-state index < -0.39 is 28.2 Å². The Morgan fingerprint density at radius 1 is 0.968 bits per heavy atom. The number of nitrogens with one attached hydrogen (secondary N) is 2. The second kappa shape index (κ2) is 8.33. The van der Waals surface area contributed by atoms with Crippen LogP contribution in [0.4, 0.5) is 14.5 Å². The molecule has 31 heavy (non-hydrogen) atoms. The van der Waals surface area contributed by atoms with Gasteiger partial charge in [0.1, 0.15) is 28.0 Å². The van der Waals surface area contributed by atoms with E-state index in [0.29, 0.717) is 10.8 Å². The molecule has 0 bridgehead atoms. The van der Waals surface area contributed by atoms with E-state index in [1.807, 2.05) is 0 Å². The highest BCUT2D eigenvalue weighted by atomic mass is 35.5. The zero-order chi connectivity index (χ0) is 22.2. The fourth-order valence-corrected chi connectivity index (χ4v) is 4.39. The van der Waals surface area contributed by atoms with E-state index in [1.165, 1.54) is 12.1 Å². The van der Waals surface area contributed by atoms with Crippen LogP contribution in [-0.2, 0) is 16.6 Å². The lowest BCUT2D eigenvalue weighted by atomic mass is 10.2. The third-order valence-corrected chi connectivity index (χ3v) is 6.22. The van der Waals surface area contributed by atoms with Crippen LogP contribution >= 0.6 is 23.2 Å². The van der Waals surface area contributed by atoms with Crippen molar-refractivity contribution in [3.05, 3.63) is 81.8 Å². The summed E-state index contributed by atoms with van der Waals surface area (Å²) in [7, 11) is -4.01. The molecule has 0 unspecified atom stereocenters. The molecule has 0 aromatic heterocycles. The van der Waals surface area contributed by atoms with Crippen molar-refractivity contribution in [3.8, 4) is 11.5 Å². The van der Waals surface area contributed by atoms with Gasteiger partial charge in [0.2, 0.25) is 5.96 Å². The minimum atomic E-state index is -4.01. The van der Waals surface area contributed by atoms with Crippen molar-refractivity contribution < 1.29 is 21.9 Å². The Morgan fingerprint density at radius 3 is 2.35 bits per heavy atom. The number of halogens is 4. The number of rotatable bonds is 4. The molecule has 0 amide bonds. The molecule has 0 saturated heterocycles. The van der Waals surface area contributed by atoms with Crippen molar-refractivity contribution in [1.82, 2.24) is 4.72 Å². The first kappa shape index (κ1) is 21.4. The minimum Gasteiger partial charge on any atom is -0.454 e. The highest BCUT2D eigenvalue weighted by Gasteiger charge is 2.29. The summed E-state index contributed by atoms with van der Waals surface area (Å²) in [4.78, 5) is 3.89. The Bertz CT molecular complexity index is 1290. The van der Waals surface area contributed by atoms with Crippen LogP contribution in [0.1, 0.15) is 5.56 Å². The molecule has 0 atom stereocenters. The van der Waals surface area contributed by atoms with E-state index in [-0.39, 0.29) is 32.9 Å². The smallest absolute Gasteiger partial charge is 0.266 e. The maximum Gasteiger partial charge on any atom is 0.266 e. The number of para-hydroxylation sites is 2. The van der Waals surface area contributed by atoms with Gasteiger partial charge in [0.15, 0.2) is 5.75 Å². The van der Waals surface area contributed by atoms with E-state index in [0.717, 1.165) is 12.1 Å². The zero-order valence-electron chi connectivity index (χ0n) is 15.5. The third-order valence-electron chi connectivity index (χ3n) is 4.31. The van der Waals surface area contributed by atoms with E-state index in [4.69, 9.17) is 27.9 Å². The number of aliphatic imine (C=N–C) groups is 1. The summed E-state index contributed by atoms with van der Waals surface area (Å²) in [5.41, 5.74) is -0.249. The second-order valence-electron chi connectivity index (χ2n) is 6.41. The highest BCUT2D eigenvalue weighted by Crippen LogP contribution is 2.38. The topological polar surface area (TPSA) is 79.8 Å². The first-order valence-corrected chi connectivity index (χ1v) is 11.0. The van der Waals surface area contributed by atoms with Gasteiger partial charge in [-0.15, -0.1) is 0 Å². The van der Waals surface area contributed by atoms with Gasteiger partial charge >= 0.3 is 0 Å². The maximum atomic E-state index is 14.0. The molecule has 0 aliphatic carbocycles. The number of benzene rings is 3. The number of nitrogens with zero attached hydrogens (tertiary/aromatic N) is 1. The molecule has 2 N–H and O–H groups in total. The molecule has 1 aliphatic heterocycles. The van der Waals surface area contributed by atoms with Crippen molar-refractivity contribution in [2.45, 2.75) is 11.4 Å². The standard InChI is InChI=1S/C20H13Cl2F2N3O3S/c21-11-8-14(23)12(15(24)9-11)10-25-20-26-19-17(30-16-5-2-1-4-13(16)22)6-3-7-18(19)31(28,29)27-20/h1-9H,10H2,(H2,25,26,27). The molecular weight excluding hydrogens is 471 g/mol. The van der Waals surface area contributed by atoms with Crippen LogP contribution < -0.4 is 14.8 Å². The fourth-order valence-electron chi connectivity index (χ4n) is 2.87. The van der Waals surface area contributed by atoms with Crippen molar-refractivity contribution in [1.29, 1.82) is 0 Å². The molecule has 11 heteroatoms. The van der Waals surface area contributed by atoms with Gasteiger partial charge in [0, 0.05) is 10.6 Å². The van der Waals surface area contributed by atoms with E-state index in [2.05, 4.69) is 15.0 Å². The Morgan fingerprint density at radius 2 is 1.65 bits per heavy atom. The van der Waals surface area contributed by atoms with Crippen LogP contribution in [-0.4, -0.2) is 14.4 Å². The second-order valence-corrected chi connectivity index (χ2v) is 8.90. The number of fused-ring (bicyclic) bond motifs is 1. The van der Waals surface area contributed by atoms with Crippen LogP contribution in [0.25, 0.3) is 0 Å². The van der Waals surface area contributed by atoms with Crippen molar-refractivity contribution in [3.63, 3.8) is 0 Å². The Labute approximate surface area is 186 Å². The lowest BCUT2D eigenvalue weighted by Gasteiger charge is -2.23. The molecule has 0 radical (unpaired) electrons. The molecule has 0 saturated carbocycles. The van der Waals surface area contributed by atoms with Gasteiger partial charge in [-0.3, -0.25) is 0 Å². The molecule has 160 valence electrons. The Balaban J connectivity index is 1.69. The average Bonchev–Trinajstić information content (AvgIpc) is 2.69. The highest BCUT2D eigenvalue weighted by molar-refractivity contribution is 7.90. The summed E-state index contributed by atoms with van der Waals surface area (Å²) in [6.07, 6.45) is 0. The van der Waals surface area contributed by atoms with Gasteiger partial charge in [0.05, 0.1) is 11.6 Å². The molecular formula is C20H13Cl2F2N3O3S. The first-order chi connectivity index (χ1) is 14.7. The lowest BCUT2D eigenvalue weighted by Crippen LogP contribution is -2.40. The van der Waals surface area contributed by atoms with Crippen molar-refractivity contribution in [2.75, 3.05) is 5.32 Å². The summed E-state index contributed by atoms with van der Waals surface area (Å²) in [6, 6.07) is 13.0. The minimum absolute atomic E-state index is 0.0835. The SMILES string of the molecule is O=S1(=O)NC(=NCc2c(F)cc(Cl)cc2F)Nc2c(Oc3ccccc3Cl)cccc21. The van der Waals surface area contributed by atoms with Gasteiger partial charge in [0.25, 0.3) is 10.0 Å². The van der Waals surface area contributed by atoms with Gasteiger partial charge in [-0.2, -0.15) is 0 Å². The predicted octanol–water partition coefficient (Wildman–Crippen LogP) is 5.32. The summed E-state index contributed by atoms with van der Waals surface area (Å²) >= 11 is 11.7. The largest absolute Gasteiger partial charge is 0.454 e. The monoisotopic (exact) mass is 483 g/mol. The van der Waals surface area contributed by atoms with E-state index >= 15 is 0 Å². The van der Waals surface area contributed by atoms with Gasteiger partial charge < -0.3 is 10.1 Å². The van der Waals surface area contributed by atoms with Crippen LogP contribution in [0.3, 0.4) is 0 Å². The number of hydrogen-bond acceptors (Lipinski definition) is 4. The lowest BCUT2D eigenvalue weighted by molar-refractivity contribution is 0.483. The number of ether oxygens (including phenoxy) is 1. The number of hydrogen-bond donors (Lipinski definition) is 2. The quantitative estimate of drug-likeness (QED) is 0.525. The van der Waals surface area contributed by atoms with Crippen LogP contribution in [0.15, 0.2) is 64.5 Å². The molecule has 1 heterocycles. The third kappa shape index (κ3) is 4.43. The van der Waals surface area contributed by atoms with Crippen LogP contribution in [0, 0.1) is 11.6 Å². The summed E-state index contributed by atoms with van der Waals surface area (Å²) < 4.78 is 61.4. The predicted molar refractivity (Wildman–Crippen MR) is 114 cm³/mol. The van der Waals surface area contributed by atoms with Crippen molar-refractivity contribution >= 4 is 44.9 Å². The molecule has 1 aliphatic rings. The van der Waals surface area contributed by atoms with Crippen LogP contribution in [0.5, 0.6) is 11.5 Å².